The van der Waals surface area contributed by atoms with E-state index < -0.39 is 0 Å². The Morgan fingerprint density at radius 1 is 1.38 bits per heavy atom. The van der Waals surface area contributed by atoms with Crippen molar-refractivity contribution in [1.82, 2.24) is 0 Å². The molecule has 0 saturated carbocycles. The third-order valence-corrected chi connectivity index (χ3v) is 1.24. The van der Waals surface area contributed by atoms with Gasteiger partial charge in [-0.05, 0) is 24.6 Å². The summed E-state index contributed by atoms with van der Waals surface area (Å²) < 4.78 is 10.7. The highest BCUT2D eigenvalue weighted by Gasteiger charge is 1.93. The van der Waals surface area contributed by atoms with Crippen LogP contribution in [-0.4, -0.2) is 11.8 Å². The SMILES string of the molecule is CCCF.Nc1ccc(O)c(N)c1. The number of anilines is 2. The second-order valence-electron chi connectivity index (χ2n) is 2.51. The van der Waals surface area contributed by atoms with Crippen LogP contribution in [0.4, 0.5) is 15.8 Å². The Bertz CT molecular complexity index is 251. The van der Waals surface area contributed by atoms with Crippen LogP contribution in [0.15, 0.2) is 18.2 Å². The number of hydrogen-bond acceptors (Lipinski definition) is 3. The van der Waals surface area contributed by atoms with Crippen molar-refractivity contribution in [2.75, 3.05) is 18.1 Å². The van der Waals surface area contributed by atoms with E-state index in [-0.39, 0.29) is 12.4 Å². The number of phenolic OH excluding ortho intramolecular Hbond substituents is 1. The number of aromatic hydroxyl groups is 1. The Labute approximate surface area is 77.2 Å². The largest absolute Gasteiger partial charge is 0.506 e. The molecule has 1 rings (SSSR count). The van der Waals surface area contributed by atoms with Crippen molar-refractivity contribution in [2.45, 2.75) is 13.3 Å². The van der Waals surface area contributed by atoms with E-state index in [1.165, 1.54) is 12.1 Å². The summed E-state index contributed by atoms with van der Waals surface area (Å²) in [7, 11) is 0. The molecule has 0 aliphatic carbocycles. The summed E-state index contributed by atoms with van der Waals surface area (Å²) in [4.78, 5) is 0. The number of nitrogens with two attached hydrogens (primary N) is 2. The lowest BCUT2D eigenvalue weighted by atomic mass is 10.3. The summed E-state index contributed by atoms with van der Waals surface area (Å²) in [5.74, 6) is 0.0733. The zero-order valence-electron chi connectivity index (χ0n) is 7.63. The lowest BCUT2D eigenvalue weighted by molar-refractivity contribution is 0.478. The third kappa shape index (κ3) is 4.90. The number of halogens is 1. The van der Waals surface area contributed by atoms with Gasteiger partial charge in [0.05, 0.1) is 12.4 Å². The predicted octanol–water partition coefficient (Wildman–Crippen LogP) is 1.92. The molecule has 0 unspecified atom stereocenters. The number of rotatable bonds is 1. The third-order valence-electron chi connectivity index (χ3n) is 1.24. The topological polar surface area (TPSA) is 72.3 Å². The summed E-state index contributed by atoms with van der Waals surface area (Å²) >= 11 is 0. The normalized spacial score (nSPS) is 8.77. The van der Waals surface area contributed by atoms with Gasteiger partial charge in [-0.15, -0.1) is 0 Å². The van der Waals surface area contributed by atoms with E-state index in [1.807, 2.05) is 0 Å². The number of alkyl halides is 1. The van der Waals surface area contributed by atoms with Gasteiger partial charge >= 0.3 is 0 Å². The van der Waals surface area contributed by atoms with E-state index in [4.69, 9.17) is 16.6 Å². The highest BCUT2D eigenvalue weighted by molar-refractivity contribution is 5.59. The van der Waals surface area contributed by atoms with E-state index in [2.05, 4.69) is 0 Å². The fourth-order valence-corrected chi connectivity index (χ4v) is 0.573. The smallest absolute Gasteiger partial charge is 0.138 e. The Hall–Kier alpha value is -1.45. The Kier molecular flexibility index (Phi) is 5.43. The molecule has 0 bridgehead atoms. The molecule has 5 N–H and O–H groups in total. The zero-order chi connectivity index (χ0) is 10.3. The van der Waals surface area contributed by atoms with Gasteiger partial charge in [-0.25, -0.2) is 0 Å². The van der Waals surface area contributed by atoms with Gasteiger partial charge in [-0.2, -0.15) is 0 Å². The quantitative estimate of drug-likeness (QED) is 0.356. The number of nitrogen functional groups attached to an aromatic ring is 2. The summed E-state index contributed by atoms with van der Waals surface area (Å²) in [5.41, 5.74) is 11.5. The Balaban J connectivity index is 0.000000310. The Morgan fingerprint density at radius 3 is 2.23 bits per heavy atom. The van der Waals surface area contributed by atoms with Crippen LogP contribution in [0.2, 0.25) is 0 Å². The first kappa shape index (κ1) is 11.6. The fourth-order valence-electron chi connectivity index (χ4n) is 0.573. The minimum atomic E-state index is -0.181. The van der Waals surface area contributed by atoms with E-state index >= 15 is 0 Å². The maximum absolute atomic E-state index is 10.7. The van der Waals surface area contributed by atoms with E-state index in [0.29, 0.717) is 17.8 Å². The molecule has 0 amide bonds. The molecule has 1 aromatic rings. The maximum atomic E-state index is 10.7. The Morgan fingerprint density at radius 2 is 1.92 bits per heavy atom. The first-order chi connectivity index (χ1) is 6.11. The average molecular weight is 186 g/mol. The monoisotopic (exact) mass is 186 g/mol. The molecule has 0 spiro atoms. The molecular weight excluding hydrogens is 171 g/mol. The van der Waals surface area contributed by atoms with Crippen LogP contribution in [0.3, 0.4) is 0 Å². The predicted molar refractivity (Wildman–Crippen MR) is 53.2 cm³/mol. The summed E-state index contributed by atoms with van der Waals surface area (Å²) in [6.07, 6.45) is 0.653. The molecule has 0 heterocycles. The molecule has 0 atom stereocenters. The van der Waals surface area contributed by atoms with Crippen molar-refractivity contribution in [3.63, 3.8) is 0 Å². The molecule has 4 heteroatoms. The summed E-state index contributed by atoms with van der Waals surface area (Å²) in [6.45, 7) is 1.62. The van der Waals surface area contributed by atoms with Gasteiger partial charge in [0.15, 0.2) is 0 Å². The number of benzene rings is 1. The van der Waals surface area contributed by atoms with Crippen molar-refractivity contribution < 1.29 is 9.50 Å². The number of phenols is 1. The standard InChI is InChI=1S/C6H8N2O.C3H7F/c7-4-1-2-6(9)5(8)3-4;1-2-3-4/h1-3,9H,7-8H2;2-3H2,1H3. The summed E-state index contributed by atoms with van der Waals surface area (Å²) in [6, 6.07) is 4.56. The molecule has 0 fully saturated rings. The zero-order valence-corrected chi connectivity index (χ0v) is 7.63. The van der Waals surface area contributed by atoms with Crippen LogP contribution >= 0.6 is 0 Å². The lowest BCUT2D eigenvalue weighted by Crippen LogP contribution is -1.88. The van der Waals surface area contributed by atoms with Gasteiger partial charge in [0, 0.05) is 5.69 Å². The van der Waals surface area contributed by atoms with Gasteiger partial charge in [0.1, 0.15) is 5.75 Å². The van der Waals surface area contributed by atoms with Gasteiger partial charge in [-0.3, -0.25) is 4.39 Å². The van der Waals surface area contributed by atoms with Crippen LogP contribution in [0, 0.1) is 0 Å². The molecule has 0 saturated heterocycles. The van der Waals surface area contributed by atoms with Crippen molar-refractivity contribution in [2.24, 2.45) is 0 Å². The lowest BCUT2D eigenvalue weighted by Gasteiger charge is -1.97. The number of hydrogen-bond donors (Lipinski definition) is 3. The van der Waals surface area contributed by atoms with Crippen LogP contribution in [0.25, 0.3) is 0 Å². The molecule has 0 radical (unpaired) electrons. The van der Waals surface area contributed by atoms with Crippen molar-refractivity contribution in [3.8, 4) is 5.75 Å². The average Bonchev–Trinajstić information content (AvgIpc) is 2.12. The molecule has 3 nitrogen and oxygen atoms in total. The molecule has 74 valence electrons. The van der Waals surface area contributed by atoms with Crippen molar-refractivity contribution in [1.29, 1.82) is 0 Å². The van der Waals surface area contributed by atoms with Crippen molar-refractivity contribution in [3.05, 3.63) is 18.2 Å². The van der Waals surface area contributed by atoms with Crippen molar-refractivity contribution >= 4 is 11.4 Å². The van der Waals surface area contributed by atoms with Gasteiger partial charge in [-0.1, -0.05) is 6.92 Å². The van der Waals surface area contributed by atoms with Crippen LogP contribution in [0.1, 0.15) is 13.3 Å². The van der Waals surface area contributed by atoms with Crippen LogP contribution in [-0.2, 0) is 0 Å². The highest BCUT2D eigenvalue weighted by Crippen LogP contribution is 2.20. The van der Waals surface area contributed by atoms with Crippen LogP contribution < -0.4 is 11.5 Å². The molecule has 0 aliphatic rings. The first-order valence-corrected chi connectivity index (χ1v) is 4.01. The van der Waals surface area contributed by atoms with Gasteiger partial charge in [0.2, 0.25) is 0 Å². The maximum Gasteiger partial charge on any atom is 0.138 e. The minimum Gasteiger partial charge on any atom is -0.506 e. The highest BCUT2D eigenvalue weighted by atomic mass is 19.1. The second kappa shape index (κ2) is 6.11. The second-order valence-corrected chi connectivity index (χ2v) is 2.51. The van der Waals surface area contributed by atoms with E-state index in [9.17, 15) is 4.39 Å². The molecule has 0 aliphatic heterocycles. The van der Waals surface area contributed by atoms with Gasteiger partial charge in [0.25, 0.3) is 0 Å². The van der Waals surface area contributed by atoms with Crippen LogP contribution in [0.5, 0.6) is 5.75 Å². The molecule has 13 heavy (non-hydrogen) atoms. The minimum absolute atomic E-state index is 0.0733. The van der Waals surface area contributed by atoms with E-state index in [0.717, 1.165) is 0 Å². The molecular formula is C9H15FN2O. The summed E-state index contributed by atoms with van der Waals surface area (Å²) in [5, 5.41) is 8.86. The fraction of sp³-hybridized carbons (Fsp3) is 0.333. The van der Waals surface area contributed by atoms with Gasteiger partial charge < -0.3 is 16.6 Å². The first-order valence-electron chi connectivity index (χ1n) is 4.01. The molecule has 1 aromatic carbocycles. The van der Waals surface area contributed by atoms with E-state index in [1.54, 1.807) is 13.0 Å². The molecule has 0 aromatic heterocycles.